The number of aromatic nitrogens is 3. The fourth-order valence-electron chi connectivity index (χ4n) is 2.52. The summed E-state index contributed by atoms with van der Waals surface area (Å²) in [6.07, 6.45) is 2.52. The van der Waals surface area contributed by atoms with Gasteiger partial charge in [-0.05, 0) is 24.1 Å². The highest BCUT2D eigenvalue weighted by Crippen LogP contribution is 2.34. The van der Waals surface area contributed by atoms with E-state index in [0.29, 0.717) is 17.5 Å². The van der Waals surface area contributed by atoms with E-state index < -0.39 is 0 Å². The molecule has 25 heavy (non-hydrogen) atoms. The van der Waals surface area contributed by atoms with Crippen molar-refractivity contribution >= 4 is 17.5 Å². The van der Waals surface area contributed by atoms with Crippen molar-refractivity contribution in [3.8, 4) is 11.5 Å². The van der Waals surface area contributed by atoms with E-state index in [1.54, 1.807) is 6.20 Å². The number of nitrogens with one attached hydrogen (secondary N) is 2. The highest BCUT2D eigenvalue weighted by atomic mass is 16.7. The molecule has 7 heteroatoms. The van der Waals surface area contributed by atoms with Gasteiger partial charge in [0.2, 0.25) is 12.7 Å². The average molecular weight is 335 g/mol. The van der Waals surface area contributed by atoms with Crippen LogP contribution >= 0.6 is 0 Å². The summed E-state index contributed by atoms with van der Waals surface area (Å²) in [5.74, 6) is 2.54. The van der Waals surface area contributed by atoms with E-state index in [0.717, 1.165) is 24.4 Å². The summed E-state index contributed by atoms with van der Waals surface area (Å²) >= 11 is 0. The zero-order chi connectivity index (χ0) is 16.9. The molecule has 1 aliphatic rings. The van der Waals surface area contributed by atoms with Gasteiger partial charge in [0.1, 0.15) is 0 Å². The number of rotatable bonds is 6. The fourth-order valence-corrected chi connectivity index (χ4v) is 2.52. The minimum atomic E-state index is 0.248. The lowest BCUT2D eigenvalue weighted by molar-refractivity contribution is 0.174. The first-order valence-electron chi connectivity index (χ1n) is 8.01. The topological polar surface area (TPSA) is 81.2 Å². The zero-order valence-electron chi connectivity index (χ0n) is 13.5. The minimum absolute atomic E-state index is 0.248. The van der Waals surface area contributed by atoms with Crippen LogP contribution in [0.25, 0.3) is 0 Å². The van der Waals surface area contributed by atoms with Crippen molar-refractivity contribution in [1.82, 2.24) is 15.2 Å². The molecule has 0 fully saturated rings. The molecule has 0 aliphatic carbocycles. The number of ether oxygens (including phenoxy) is 2. The molecule has 0 saturated carbocycles. The maximum absolute atomic E-state index is 5.36. The molecule has 0 amide bonds. The van der Waals surface area contributed by atoms with E-state index in [9.17, 15) is 0 Å². The molecule has 1 aromatic heterocycles. The largest absolute Gasteiger partial charge is 0.454 e. The molecule has 126 valence electrons. The molecular weight excluding hydrogens is 318 g/mol. The lowest BCUT2D eigenvalue weighted by atomic mass is 10.1. The monoisotopic (exact) mass is 335 g/mol. The first-order valence-corrected chi connectivity index (χ1v) is 8.01. The number of nitrogens with zero attached hydrogens (tertiary/aromatic N) is 3. The Hall–Kier alpha value is -3.35. The van der Waals surface area contributed by atoms with Crippen LogP contribution in [0.1, 0.15) is 5.56 Å². The minimum Gasteiger partial charge on any atom is -0.454 e. The van der Waals surface area contributed by atoms with Gasteiger partial charge in [0.25, 0.3) is 0 Å². The number of anilines is 3. The Bertz CT molecular complexity index is 857. The van der Waals surface area contributed by atoms with Crippen LogP contribution in [0.15, 0.2) is 54.7 Å². The van der Waals surface area contributed by atoms with Gasteiger partial charge in [-0.15, -0.1) is 5.10 Å². The molecule has 0 unspecified atom stereocenters. The summed E-state index contributed by atoms with van der Waals surface area (Å²) < 4.78 is 10.7. The van der Waals surface area contributed by atoms with Crippen LogP contribution < -0.4 is 20.1 Å². The van der Waals surface area contributed by atoms with Crippen molar-refractivity contribution in [3.05, 3.63) is 60.3 Å². The second-order valence-corrected chi connectivity index (χ2v) is 5.52. The van der Waals surface area contributed by atoms with Crippen LogP contribution in [-0.2, 0) is 6.42 Å². The molecule has 2 N–H and O–H groups in total. The van der Waals surface area contributed by atoms with Crippen LogP contribution in [0.5, 0.6) is 11.5 Å². The van der Waals surface area contributed by atoms with Crippen molar-refractivity contribution in [1.29, 1.82) is 0 Å². The molecule has 3 aromatic rings. The molecule has 0 saturated heterocycles. The Morgan fingerprint density at radius 3 is 2.80 bits per heavy atom. The van der Waals surface area contributed by atoms with Crippen molar-refractivity contribution in [2.75, 3.05) is 24.0 Å². The van der Waals surface area contributed by atoms with E-state index in [1.807, 2.05) is 36.4 Å². The first-order chi connectivity index (χ1) is 12.4. The second kappa shape index (κ2) is 7.04. The molecule has 0 atom stereocenters. The zero-order valence-corrected chi connectivity index (χ0v) is 13.5. The van der Waals surface area contributed by atoms with Crippen molar-refractivity contribution in [3.63, 3.8) is 0 Å². The van der Waals surface area contributed by atoms with Gasteiger partial charge in [-0.2, -0.15) is 10.1 Å². The molecule has 0 radical (unpaired) electrons. The van der Waals surface area contributed by atoms with Crippen LogP contribution in [0.2, 0.25) is 0 Å². The Morgan fingerprint density at radius 1 is 1.00 bits per heavy atom. The number of fused-ring (bicyclic) bond motifs is 1. The lowest BCUT2D eigenvalue weighted by Gasteiger charge is -2.08. The van der Waals surface area contributed by atoms with E-state index in [4.69, 9.17) is 9.47 Å². The van der Waals surface area contributed by atoms with Gasteiger partial charge < -0.3 is 20.1 Å². The van der Waals surface area contributed by atoms with Crippen LogP contribution in [0, 0.1) is 0 Å². The predicted octanol–water partition coefficient (Wildman–Crippen LogP) is 3.00. The predicted molar refractivity (Wildman–Crippen MR) is 94.3 cm³/mol. The molecule has 0 spiro atoms. The van der Waals surface area contributed by atoms with Crippen molar-refractivity contribution in [2.45, 2.75) is 6.42 Å². The Kier molecular flexibility index (Phi) is 4.28. The molecular formula is C18H17N5O2. The Morgan fingerprint density at radius 2 is 1.88 bits per heavy atom. The number of hydrogen-bond acceptors (Lipinski definition) is 7. The lowest BCUT2D eigenvalue weighted by Crippen LogP contribution is -2.08. The molecule has 2 aromatic carbocycles. The summed E-state index contributed by atoms with van der Waals surface area (Å²) in [6, 6.07) is 15.9. The smallest absolute Gasteiger partial charge is 0.249 e. The summed E-state index contributed by atoms with van der Waals surface area (Å²) in [5, 5.41) is 14.4. The van der Waals surface area contributed by atoms with Crippen molar-refractivity contribution in [2.24, 2.45) is 0 Å². The fraction of sp³-hybridized carbons (Fsp3) is 0.167. The molecule has 1 aliphatic heterocycles. The third-order valence-corrected chi connectivity index (χ3v) is 3.75. The summed E-state index contributed by atoms with van der Waals surface area (Å²) in [4.78, 5) is 4.42. The van der Waals surface area contributed by atoms with Crippen LogP contribution in [0.3, 0.4) is 0 Å². The normalized spacial score (nSPS) is 12.0. The van der Waals surface area contributed by atoms with E-state index in [-0.39, 0.29) is 6.79 Å². The second-order valence-electron chi connectivity index (χ2n) is 5.52. The van der Waals surface area contributed by atoms with Gasteiger partial charge in [-0.25, -0.2) is 0 Å². The van der Waals surface area contributed by atoms with Gasteiger partial charge in [0.15, 0.2) is 17.3 Å². The van der Waals surface area contributed by atoms with Crippen molar-refractivity contribution < 1.29 is 9.47 Å². The van der Waals surface area contributed by atoms with Gasteiger partial charge in [0, 0.05) is 18.3 Å². The average Bonchev–Trinajstić information content (AvgIpc) is 3.11. The summed E-state index contributed by atoms with van der Waals surface area (Å²) in [6.45, 7) is 1.02. The molecule has 4 rings (SSSR count). The van der Waals surface area contributed by atoms with Gasteiger partial charge in [0.05, 0.1) is 6.20 Å². The van der Waals surface area contributed by atoms with E-state index in [2.05, 4.69) is 37.9 Å². The third-order valence-electron chi connectivity index (χ3n) is 3.75. The standard InChI is InChI=1S/C18H17N5O2/c1-2-4-13(5-3-1)8-9-19-17-11-20-23-18(22-17)21-14-6-7-15-16(10-14)25-12-24-15/h1-7,10-11H,8-9,12H2,(H2,19,21,22,23). The van der Waals surface area contributed by atoms with Crippen LogP contribution in [0.4, 0.5) is 17.5 Å². The number of benzene rings is 2. The van der Waals surface area contributed by atoms with E-state index in [1.165, 1.54) is 5.56 Å². The molecule has 0 bridgehead atoms. The molecule has 7 nitrogen and oxygen atoms in total. The first kappa shape index (κ1) is 15.2. The molecule has 2 heterocycles. The van der Waals surface area contributed by atoms with Gasteiger partial charge in [-0.3, -0.25) is 0 Å². The maximum Gasteiger partial charge on any atom is 0.249 e. The summed E-state index contributed by atoms with van der Waals surface area (Å²) in [7, 11) is 0. The number of hydrogen-bond donors (Lipinski definition) is 2. The van der Waals surface area contributed by atoms with Crippen LogP contribution in [-0.4, -0.2) is 28.5 Å². The summed E-state index contributed by atoms with van der Waals surface area (Å²) in [5.41, 5.74) is 2.09. The Labute approximate surface area is 145 Å². The SMILES string of the molecule is c1ccc(CCNc2cnnc(Nc3ccc4c(c3)OCO4)n2)cc1. The van der Waals surface area contributed by atoms with Gasteiger partial charge >= 0.3 is 0 Å². The van der Waals surface area contributed by atoms with E-state index >= 15 is 0 Å². The van der Waals surface area contributed by atoms with Gasteiger partial charge in [-0.1, -0.05) is 30.3 Å². The highest BCUT2D eigenvalue weighted by molar-refractivity contribution is 5.60. The third kappa shape index (κ3) is 3.77. The highest BCUT2D eigenvalue weighted by Gasteiger charge is 2.13. The Balaban J connectivity index is 1.38. The quantitative estimate of drug-likeness (QED) is 0.716. The maximum atomic E-state index is 5.36.